The number of amides is 1. The molecule has 1 aliphatic rings. The lowest BCUT2D eigenvalue weighted by atomic mass is 10.00. The number of hydrogen-bond donors (Lipinski definition) is 1. The second-order valence-corrected chi connectivity index (χ2v) is 4.02. The second-order valence-electron chi connectivity index (χ2n) is 3.23. The van der Waals surface area contributed by atoms with Gasteiger partial charge < -0.3 is 10.1 Å². The van der Waals surface area contributed by atoms with Crippen molar-refractivity contribution in [3.63, 3.8) is 0 Å². The fourth-order valence-electron chi connectivity index (χ4n) is 1.66. The first-order valence-electron chi connectivity index (χ1n) is 4.48. The predicted octanol–water partition coefficient (Wildman–Crippen LogP) is 2.29. The van der Waals surface area contributed by atoms with Crippen LogP contribution in [0, 0.1) is 0 Å². The normalized spacial score (nSPS) is 14.5. The largest absolute Gasteiger partial charge is 0.495 e. The molecule has 0 unspecified atom stereocenters. The molecule has 1 amide bonds. The number of hydrogen-bond acceptors (Lipinski definition) is 2. The van der Waals surface area contributed by atoms with E-state index >= 15 is 0 Å². The van der Waals surface area contributed by atoms with Crippen LogP contribution in [0.4, 0.5) is 0 Å². The summed E-state index contributed by atoms with van der Waals surface area (Å²) in [5.74, 6) is 0.236. The van der Waals surface area contributed by atoms with Crippen molar-refractivity contribution in [2.24, 2.45) is 0 Å². The quantitative estimate of drug-likeness (QED) is 0.825. The SMILES string of the molecule is COc1cc(Cl)c2c(c1Cl)C(=O)NCC2. The zero-order chi connectivity index (χ0) is 11.0. The lowest BCUT2D eigenvalue weighted by Crippen LogP contribution is -2.32. The lowest BCUT2D eigenvalue weighted by Gasteiger charge is -2.20. The number of carbonyl (C=O) groups excluding carboxylic acids is 1. The Labute approximate surface area is 97.3 Å². The minimum absolute atomic E-state index is 0.193. The standard InChI is InChI=1S/C10H9Cl2NO2/c1-15-7-4-6(11)5-2-3-13-10(14)8(5)9(7)12/h4H,2-3H2,1H3,(H,13,14). The van der Waals surface area contributed by atoms with Crippen LogP contribution in [0.5, 0.6) is 5.75 Å². The summed E-state index contributed by atoms with van der Waals surface area (Å²) in [5.41, 5.74) is 1.23. The monoisotopic (exact) mass is 245 g/mol. The van der Waals surface area contributed by atoms with Gasteiger partial charge in [0.2, 0.25) is 0 Å². The van der Waals surface area contributed by atoms with Crippen LogP contribution in [-0.2, 0) is 6.42 Å². The highest BCUT2D eigenvalue weighted by molar-refractivity contribution is 6.38. The molecule has 3 nitrogen and oxygen atoms in total. The maximum atomic E-state index is 11.6. The van der Waals surface area contributed by atoms with Gasteiger partial charge in [0.25, 0.3) is 5.91 Å². The van der Waals surface area contributed by atoms with Crippen LogP contribution in [0.1, 0.15) is 15.9 Å². The third-order valence-electron chi connectivity index (χ3n) is 2.39. The van der Waals surface area contributed by atoms with Gasteiger partial charge in [0.1, 0.15) is 5.75 Å². The third-order valence-corrected chi connectivity index (χ3v) is 3.10. The molecule has 0 radical (unpaired) electrons. The molecule has 15 heavy (non-hydrogen) atoms. The van der Waals surface area contributed by atoms with E-state index in [0.717, 1.165) is 5.56 Å². The average Bonchev–Trinajstić information content (AvgIpc) is 2.23. The van der Waals surface area contributed by atoms with Crippen molar-refractivity contribution >= 4 is 29.1 Å². The van der Waals surface area contributed by atoms with E-state index in [4.69, 9.17) is 27.9 Å². The molecule has 1 aromatic carbocycles. The summed E-state index contributed by atoms with van der Waals surface area (Å²) in [4.78, 5) is 11.6. The summed E-state index contributed by atoms with van der Waals surface area (Å²) < 4.78 is 5.04. The van der Waals surface area contributed by atoms with Crippen LogP contribution >= 0.6 is 23.2 Å². The molecule has 2 rings (SSSR count). The van der Waals surface area contributed by atoms with E-state index in [2.05, 4.69) is 5.32 Å². The molecule has 0 aliphatic carbocycles. The number of methoxy groups -OCH3 is 1. The Morgan fingerprint density at radius 3 is 2.87 bits per heavy atom. The third kappa shape index (κ3) is 1.66. The van der Waals surface area contributed by atoms with E-state index in [1.807, 2.05) is 0 Å². The van der Waals surface area contributed by atoms with Gasteiger partial charge >= 0.3 is 0 Å². The molecular formula is C10H9Cl2NO2. The molecule has 0 bridgehead atoms. The smallest absolute Gasteiger partial charge is 0.253 e. The summed E-state index contributed by atoms with van der Waals surface area (Å²) in [6, 6.07) is 1.64. The van der Waals surface area contributed by atoms with Gasteiger partial charge in [0, 0.05) is 17.6 Å². The van der Waals surface area contributed by atoms with Gasteiger partial charge in [0.05, 0.1) is 17.7 Å². The molecule has 1 aliphatic heterocycles. The van der Waals surface area contributed by atoms with Crippen LogP contribution < -0.4 is 10.1 Å². The van der Waals surface area contributed by atoms with Crippen molar-refractivity contribution < 1.29 is 9.53 Å². The first-order valence-corrected chi connectivity index (χ1v) is 5.23. The van der Waals surface area contributed by atoms with E-state index in [1.54, 1.807) is 6.07 Å². The molecule has 1 heterocycles. The van der Waals surface area contributed by atoms with Gasteiger partial charge in [-0.1, -0.05) is 23.2 Å². The fraction of sp³-hybridized carbons (Fsp3) is 0.300. The number of nitrogens with one attached hydrogen (secondary N) is 1. The first kappa shape index (κ1) is 10.6. The van der Waals surface area contributed by atoms with Crippen LogP contribution in [-0.4, -0.2) is 19.6 Å². The zero-order valence-electron chi connectivity index (χ0n) is 8.06. The van der Waals surface area contributed by atoms with Crippen molar-refractivity contribution in [1.29, 1.82) is 0 Å². The van der Waals surface area contributed by atoms with E-state index in [-0.39, 0.29) is 5.91 Å². The van der Waals surface area contributed by atoms with Gasteiger partial charge in [-0.3, -0.25) is 4.79 Å². The van der Waals surface area contributed by atoms with E-state index in [0.29, 0.717) is 34.3 Å². The molecule has 0 saturated carbocycles. The number of rotatable bonds is 1. The maximum absolute atomic E-state index is 11.6. The van der Waals surface area contributed by atoms with Crippen molar-refractivity contribution in [3.05, 3.63) is 27.2 Å². The Bertz CT molecular complexity index is 432. The van der Waals surface area contributed by atoms with Gasteiger partial charge in [-0.25, -0.2) is 0 Å². The summed E-state index contributed by atoms with van der Waals surface area (Å²) in [6.45, 7) is 0.591. The highest BCUT2D eigenvalue weighted by Crippen LogP contribution is 2.36. The molecule has 80 valence electrons. The number of halogens is 2. The molecular weight excluding hydrogens is 237 g/mol. The van der Waals surface area contributed by atoms with Crippen molar-refractivity contribution in [2.75, 3.05) is 13.7 Å². The van der Waals surface area contributed by atoms with Crippen molar-refractivity contribution in [3.8, 4) is 5.75 Å². The van der Waals surface area contributed by atoms with Gasteiger partial charge in [0.15, 0.2) is 0 Å². The Kier molecular flexibility index (Phi) is 2.76. The Balaban J connectivity index is 2.69. The van der Waals surface area contributed by atoms with E-state index in [9.17, 15) is 4.79 Å². The molecule has 0 spiro atoms. The van der Waals surface area contributed by atoms with E-state index in [1.165, 1.54) is 7.11 Å². The Morgan fingerprint density at radius 1 is 1.47 bits per heavy atom. The van der Waals surface area contributed by atoms with Crippen molar-refractivity contribution in [2.45, 2.75) is 6.42 Å². The molecule has 0 aromatic heterocycles. The molecule has 1 N–H and O–H groups in total. The highest BCUT2D eigenvalue weighted by atomic mass is 35.5. The van der Waals surface area contributed by atoms with Gasteiger partial charge in [-0.2, -0.15) is 0 Å². The second kappa shape index (κ2) is 3.91. The number of fused-ring (bicyclic) bond motifs is 1. The van der Waals surface area contributed by atoms with Crippen molar-refractivity contribution in [1.82, 2.24) is 5.32 Å². The molecule has 1 aromatic rings. The average molecular weight is 246 g/mol. The molecule has 5 heteroatoms. The predicted molar refractivity (Wildman–Crippen MR) is 59.1 cm³/mol. The van der Waals surface area contributed by atoms with Crippen LogP contribution in [0.15, 0.2) is 6.07 Å². The number of ether oxygens (including phenoxy) is 1. The fourth-order valence-corrected chi connectivity index (χ4v) is 2.28. The Hall–Kier alpha value is -0.930. The number of carbonyl (C=O) groups is 1. The molecule has 0 fully saturated rings. The van der Waals surface area contributed by atoms with Gasteiger partial charge in [-0.05, 0) is 12.0 Å². The minimum Gasteiger partial charge on any atom is -0.495 e. The lowest BCUT2D eigenvalue weighted by molar-refractivity contribution is 0.0946. The summed E-state index contributed by atoms with van der Waals surface area (Å²) >= 11 is 12.1. The molecule has 0 atom stereocenters. The van der Waals surface area contributed by atoms with Gasteiger partial charge in [-0.15, -0.1) is 0 Å². The van der Waals surface area contributed by atoms with Crippen LogP contribution in [0.3, 0.4) is 0 Å². The zero-order valence-corrected chi connectivity index (χ0v) is 9.58. The van der Waals surface area contributed by atoms with E-state index < -0.39 is 0 Å². The summed E-state index contributed by atoms with van der Waals surface area (Å²) in [5, 5.41) is 3.58. The highest BCUT2D eigenvalue weighted by Gasteiger charge is 2.25. The molecule has 0 saturated heterocycles. The Morgan fingerprint density at radius 2 is 2.20 bits per heavy atom. The van der Waals surface area contributed by atoms with Crippen LogP contribution in [0.25, 0.3) is 0 Å². The van der Waals surface area contributed by atoms with Crippen LogP contribution in [0.2, 0.25) is 10.0 Å². The number of benzene rings is 1. The summed E-state index contributed by atoms with van der Waals surface area (Å²) in [6.07, 6.45) is 0.698. The topological polar surface area (TPSA) is 38.3 Å². The minimum atomic E-state index is -0.193. The summed E-state index contributed by atoms with van der Waals surface area (Å²) in [7, 11) is 1.49. The first-order chi connectivity index (χ1) is 7.15. The maximum Gasteiger partial charge on any atom is 0.253 e.